The van der Waals surface area contributed by atoms with E-state index in [0.29, 0.717) is 12.5 Å². The Hall–Kier alpha value is -0.900. The Morgan fingerprint density at radius 2 is 2.04 bits per heavy atom. The molecule has 2 atom stereocenters. The van der Waals surface area contributed by atoms with Gasteiger partial charge in [0.25, 0.3) is 0 Å². The van der Waals surface area contributed by atoms with Gasteiger partial charge in [-0.1, -0.05) is 19.3 Å². The molecule has 2 unspecified atom stereocenters. The first-order valence-corrected chi connectivity index (χ1v) is 9.24. The SMILES string of the molecule is CN=C(NCC(O)C1CCCCC1)NC1CCCn2nc(C)nc21.I. The first-order valence-electron chi connectivity index (χ1n) is 9.24. The van der Waals surface area contributed by atoms with Crippen molar-refractivity contribution in [1.82, 2.24) is 25.4 Å². The molecule has 0 amide bonds. The van der Waals surface area contributed by atoms with Gasteiger partial charge in [0.1, 0.15) is 11.6 Å². The summed E-state index contributed by atoms with van der Waals surface area (Å²) in [6.07, 6.45) is 7.86. The topological polar surface area (TPSA) is 87.4 Å². The summed E-state index contributed by atoms with van der Waals surface area (Å²) in [5.74, 6) is 2.94. The number of nitrogens with one attached hydrogen (secondary N) is 2. The van der Waals surface area contributed by atoms with Gasteiger partial charge < -0.3 is 15.7 Å². The van der Waals surface area contributed by atoms with Crippen molar-refractivity contribution in [3.05, 3.63) is 11.6 Å². The Bertz CT molecular complexity index is 569. The zero-order chi connectivity index (χ0) is 16.9. The van der Waals surface area contributed by atoms with Crippen molar-refractivity contribution in [2.45, 2.75) is 70.6 Å². The molecule has 25 heavy (non-hydrogen) atoms. The number of aromatic nitrogens is 3. The fourth-order valence-corrected chi connectivity index (χ4v) is 3.85. The van der Waals surface area contributed by atoms with Gasteiger partial charge in [0, 0.05) is 20.1 Å². The molecule has 142 valence electrons. The number of fused-ring (bicyclic) bond motifs is 1. The smallest absolute Gasteiger partial charge is 0.191 e. The third-order valence-electron chi connectivity index (χ3n) is 5.19. The Morgan fingerprint density at radius 1 is 1.28 bits per heavy atom. The van der Waals surface area contributed by atoms with Crippen molar-refractivity contribution >= 4 is 29.9 Å². The van der Waals surface area contributed by atoms with Crippen LogP contribution in [0.15, 0.2) is 4.99 Å². The van der Waals surface area contributed by atoms with Gasteiger partial charge >= 0.3 is 0 Å². The first-order chi connectivity index (χ1) is 11.7. The maximum absolute atomic E-state index is 10.4. The van der Waals surface area contributed by atoms with Gasteiger partial charge in [0.05, 0.1) is 12.1 Å². The summed E-state index contributed by atoms with van der Waals surface area (Å²) in [5, 5.41) is 21.6. The maximum Gasteiger partial charge on any atom is 0.191 e. The Morgan fingerprint density at radius 3 is 2.76 bits per heavy atom. The molecule has 2 heterocycles. The summed E-state index contributed by atoms with van der Waals surface area (Å²) in [5.41, 5.74) is 0. The Kier molecular flexibility index (Phi) is 7.92. The number of halogens is 1. The zero-order valence-electron chi connectivity index (χ0n) is 15.2. The van der Waals surface area contributed by atoms with E-state index in [0.717, 1.165) is 49.8 Å². The minimum atomic E-state index is -0.305. The van der Waals surface area contributed by atoms with Gasteiger partial charge in [0.15, 0.2) is 5.96 Å². The van der Waals surface area contributed by atoms with Crippen LogP contribution in [0.25, 0.3) is 0 Å². The molecule has 0 spiro atoms. The molecule has 0 saturated heterocycles. The van der Waals surface area contributed by atoms with Gasteiger partial charge in [-0.15, -0.1) is 24.0 Å². The molecule has 1 saturated carbocycles. The lowest BCUT2D eigenvalue weighted by atomic mass is 9.85. The van der Waals surface area contributed by atoms with Crippen molar-refractivity contribution in [2.75, 3.05) is 13.6 Å². The van der Waals surface area contributed by atoms with Crippen LogP contribution >= 0.6 is 24.0 Å². The van der Waals surface area contributed by atoms with Crippen LogP contribution in [0.1, 0.15) is 62.6 Å². The Balaban J connectivity index is 0.00000225. The van der Waals surface area contributed by atoms with Crippen LogP contribution < -0.4 is 10.6 Å². The second kappa shape index (κ2) is 9.70. The van der Waals surface area contributed by atoms with E-state index < -0.39 is 0 Å². The molecular weight excluding hydrogens is 431 g/mol. The van der Waals surface area contributed by atoms with Crippen molar-refractivity contribution in [1.29, 1.82) is 0 Å². The monoisotopic (exact) mass is 462 g/mol. The van der Waals surface area contributed by atoms with Crippen LogP contribution in [0.3, 0.4) is 0 Å². The van der Waals surface area contributed by atoms with Crippen molar-refractivity contribution in [3.63, 3.8) is 0 Å². The second-order valence-electron chi connectivity index (χ2n) is 7.00. The molecule has 1 aliphatic carbocycles. The lowest BCUT2D eigenvalue weighted by Gasteiger charge is -2.28. The summed E-state index contributed by atoms with van der Waals surface area (Å²) in [7, 11) is 1.77. The Labute approximate surface area is 167 Å². The number of hydrogen-bond donors (Lipinski definition) is 3. The van der Waals surface area contributed by atoms with Crippen molar-refractivity contribution < 1.29 is 5.11 Å². The number of aliphatic imine (C=N–C) groups is 1. The molecule has 3 N–H and O–H groups in total. The van der Waals surface area contributed by atoms with Gasteiger partial charge in [-0.2, -0.15) is 5.10 Å². The summed E-state index contributed by atoms with van der Waals surface area (Å²) in [6, 6.07) is 0.123. The number of hydrogen-bond acceptors (Lipinski definition) is 4. The molecule has 8 heteroatoms. The average molecular weight is 462 g/mol. The standard InChI is InChI=1S/C17H30N6O.HI/c1-12-20-16-14(9-6-10-23(16)22-12)21-17(18-2)19-11-15(24)13-7-4-3-5-8-13;/h13-15,24H,3-11H2,1-2H3,(H2,18,19,21);1H. The quantitative estimate of drug-likeness (QED) is 0.363. The minimum absolute atomic E-state index is 0. The maximum atomic E-state index is 10.4. The lowest BCUT2D eigenvalue weighted by molar-refractivity contribution is 0.0879. The first kappa shape index (κ1) is 20.4. The van der Waals surface area contributed by atoms with E-state index >= 15 is 0 Å². The fraction of sp³-hybridized carbons (Fsp3) is 0.824. The van der Waals surface area contributed by atoms with Crippen molar-refractivity contribution in [3.8, 4) is 0 Å². The van der Waals surface area contributed by atoms with E-state index in [2.05, 4.69) is 25.7 Å². The van der Waals surface area contributed by atoms with Crippen LogP contribution in [0.2, 0.25) is 0 Å². The predicted molar refractivity (Wildman–Crippen MR) is 109 cm³/mol. The van der Waals surface area contributed by atoms with Gasteiger partial charge in [-0.25, -0.2) is 9.67 Å². The summed E-state index contributed by atoms with van der Waals surface area (Å²) < 4.78 is 1.99. The number of nitrogens with zero attached hydrogens (tertiary/aromatic N) is 4. The normalized spacial score (nSPS) is 22.7. The second-order valence-corrected chi connectivity index (χ2v) is 7.00. The zero-order valence-corrected chi connectivity index (χ0v) is 17.6. The van der Waals surface area contributed by atoms with Gasteiger partial charge in [0.2, 0.25) is 0 Å². The number of aliphatic hydroxyl groups is 1. The van der Waals surface area contributed by atoms with E-state index in [4.69, 9.17) is 0 Å². The summed E-state index contributed by atoms with van der Waals surface area (Å²) in [6.45, 7) is 3.40. The van der Waals surface area contributed by atoms with Crippen LogP contribution in [0.4, 0.5) is 0 Å². The molecule has 0 aromatic carbocycles. The molecule has 0 bridgehead atoms. The highest BCUT2D eigenvalue weighted by Crippen LogP contribution is 2.26. The highest BCUT2D eigenvalue weighted by Gasteiger charge is 2.25. The van der Waals surface area contributed by atoms with E-state index in [9.17, 15) is 5.11 Å². The van der Waals surface area contributed by atoms with E-state index in [1.165, 1.54) is 19.3 Å². The van der Waals surface area contributed by atoms with Gasteiger partial charge in [-0.05, 0) is 38.5 Å². The molecular formula is C17H31IN6O. The van der Waals surface area contributed by atoms with Crippen LogP contribution in [0, 0.1) is 12.8 Å². The van der Waals surface area contributed by atoms with Gasteiger partial charge in [-0.3, -0.25) is 4.99 Å². The highest BCUT2D eigenvalue weighted by molar-refractivity contribution is 14.0. The molecule has 3 rings (SSSR count). The van der Waals surface area contributed by atoms with Crippen molar-refractivity contribution in [2.24, 2.45) is 10.9 Å². The molecule has 1 fully saturated rings. The van der Waals surface area contributed by atoms with E-state index in [-0.39, 0.29) is 36.1 Å². The third kappa shape index (κ3) is 5.29. The summed E-state index contributed by atoms with van der Waals surface area (Å²) in [4.78, 5) is 8.85. The summed E-state index contributed by atoms with van der Waals surface area (Å²) >= 11 is 0. The molecule has 2 aliphatic rings. The molecule has 1 aromatic heterocycles. The number of aliphatic hydroxyl groups excluding tert-OH is 1. The predicted octanol–water partition coefficient (Wildman–Crippen LogP) is 2.15. The number of rotatable bonds is 4. The van der Waals surface area contributed by atoms with E-state index in [1.807, 2.05) is 11.6 Å². The lowest BCUT2D eigenvalue weighted by Crippen LogP contribution is -2.45. The number of aryl methyl sites for hydroxylation is 2. The van der Waals surface area contributed by atoms with Crippen LogP contribution in [0.5, 0.6) is 0 Å². The third-order valence-corrected chi connectivity index (χ3v) is 5.19. The molecule has 1 aromatic rings. The van der Waals surface area contributed by atoms with Crippen LogP contribution in [-0.4, -0.2) is 45.5 Å². The average Bonchev–Trinajstić information content (AvgIpc) is 3.00. The fourth-order valence-electron chi connectivity index (χ4n) is 3.85. The molecule has 0 radical (unpaired) electrons. The van der Waals surface area contributed by atoms with Crippen LogP contribution in [-0.2, 0) is 6.54 Å². The molecule has 1 aliphatic heterocycles. The highest BCUT2D eigenvalue weighted by atomic mass is 127. The molecule has 7 nitrogen and oxygen atoms in total. The minimum Gasteiger partial charge on any atom is -0.391 e. The number of guanidine groups is 1. The largest absolute Gasteiger partial charge is 0.391 e. The van der Waals surface area contributed by atoms with E-state index in [1.54, 1.807) is 7.05 Å².